The van der Waals surface area contributed by atoms with Crippen molar-refractivity contribution < 1.29 is 63.3 Å². The van der Waals surface area contributed by atoms with Crippen LogP contribution in [-0.2, 0) is 42.9 Å². The first-order valence-corrected chi connectivity index (χ1v) is 15.9. The maximum absolute atomic E-state index is 10.4. The first-order chi connectivity index (χ1) is 20.8. The average Bonchev–Trinajstić information content (AvgIpc) is 2.81. The first-order valence-electron chi connectivity index (χ1n) is 15.9. The summed E-state index contributed by atoms with van der Waals surface area (Å²) in [7, 11) is 0. The van der Waals surface area contributed by atoms with Gasteiger partial charge in [0.2, 0.25) is 0 Å². The number of carbonyl (C=O) groups is 4. The van der Waals surface area contributed by atoms with Crippen molar-refractivity contribution in [1.82, 2.24) is 0 Å². The van der Waals surface area contributed by atoms with E-state index in [1.54, 1.807) is 34.6 Å². The minimum atomic E-state index is -1.25. The lowest BCUT2D eigenvalue weighted by atomic mass is 10.2. The summed E-state index contributed by atoms with van der Waals surface area (Å²) in [6.45, 7) is 30.5. The van der Waals surface area contributed by atoms with Crippen LogP contribution in [0.5, 0.6) is 0 Å². The molecule has 13 nitrogen and oxygen atoms in total. The van der Waals surface area contributed by atoms with Crippen LogP contribution in [0, 0.1) is 0 Å². The summed E-state index contributed by atoms with van der Waals surface area (Å²) in [5.41, 5.74) is 0. The second-order valence-electron chi connectivity index (χ2n) is 12.0. The number of rotatable bonds is 17. The van der Waals surface area contributed by atoms with Crippen molar-refractivity contribution in [3.05, 3.63) is 0 Å². The molecule has 0 fully saturated rings. The molecule has 278 valence electrons. The van der Waals surface area contributed by atoms with Gasteiger partial charge in [-0.3, -0.25) is 9.59 Å². The third-order valence-corrected chi connectivity index (χ3v) is 4.49. The zero-order valence-corrected chi connectivity index (χ0v) is 31.4. The molecular weight excluding hydrogens is 604 g/mol. The van der Waals surface area contributed by atoms with Crippen molar-refractivity contribution >= 4 is 23.9 Å². The Morgan fingerprint density at radius 2 is 0.761 bits per heavy atom. The Morgan fingerprint density at radius 3 is 0.935 bits per heavy atom. The topological polar surface area (TPSA) is 195 Å². The van der Waals surface area contributed by atoms with Gasteiger partial charge in [0.15, 0.2) is 12.2 Å². The number of ether oxygens (including phenoxy) is 5. The molecule has 0 aromatic rings. The third-order valence-electron chi connectivity index (χ3n) is 4.49. The van der Waals surface area contributed by atoms with Crippen LogP contribution in [0.3, 0.4) is 0 Å². The van der Waals surface area contributed by atoms with Crippen LogP contribution in [0.1, 0.15) is 130 Å². The Balaban J connectivity index is -0.000000154. The van der Waals surface area contributed by atoms with Gasteiger partial charge < -0.3 is 44.1 Å². The van der Waals surface area contributed by atoms with Crippen LogP contribution in [-0.4, -0.2) is 105 Å². The van der Waals surface area contributed by atoms with E-state index in [0.29, 0.717) is 24.4 Å². The summed E-state index contributed by atoms with van der Waals surface area (Å²) in [5, 5.41) is 33.4. The molecule has 0 unspecified atom stereocenters. The Labute approximate surface area is 278 Å². The van der Waals surface area contributed by atoms with Gasteiger partial charge in [0.05, 0.1) is 61.7 Å². The molecule has 0 aliphatic rings. The molecule has 0 heterocycles. The standard InChI is InChI=1S/C7H12O5.C7H14O3.C7H16O.C6H12O3.C6H14O/c1-4(2)12-5(7(10)11)3-6(8)9;1-5(2)10-6(3)4-7(8)9;1-5-7(4)8-6(2)3;1-4(2)9-5(3)6(7)8;1-5(2)7-6(3)4/h4-5H,3H2,1-2H3,(H,8,9)(H,10,11);5-6H,4H2,1-3H3,(H,8,9);6-7H,5H2,1-4H3;4-5H,1-3H3,(H,7,8);5-6H,1-4H3/t5-;6-;7-;5-;/m1010./s1. The highest BCUT2D eigenvalue weighted by molar-refractivity contribution is 5.79. The van der Waals surface area contributed by atoms with Crippen LogP contribution >= 0.6 is 0 Å². The zero-order chi connectivity index (χ0) is 37.7. The maximum atomic E-state index is 10.4. The molecule has 4 N–H and O–H groups in total. The molecule has 0 spiro atoms. The molecule has 0 rings (SSSR count). The number of carboxylic acids is 4. The van der Waals surface area contributed by atoms with E-state index in [4.69, 9.17) is 44.1 Å². The van der Waals surface area contributed by atoms with E-state index in [9.17, 15) is 19.2 Å². The molecule has 0 amide bonds. The SMILES string of the molecule is CC(C)OC(C)C.CC(C)O[C@@H](C)C(=O)O.CC(C)O[C@@H](C)CC(=O)O.CC(C)O[C@H](CC(=O)O)C(=O)O.CC[C@@H](C)OC(C)C. The second kappa shape index (κ2) is 32.6. The largest absolute Gasteiger partial charge is 0.481 e. The minimum Gasteiger partial charge on any atom is -0.481 e. The van der Waals surface area contributed by atoms with Gasteiger partial charge in [-0.05, 0) is 110 Å². The Hall–Kier alpha value is -2.32. The van der Waals surface area contributed by atoms with Crippen molar-refractivity contribution in [2.45, 2.75) is 191 Å². The number of hydrogen-bond acceptors (Lipinski definition) is 9. The fraction of sp³-hybridized carbons (Fsp3) is 0.879. The molecule has 0 aromatic heterocycles. The smallest absolute Gasteiger partial charge is 0.333 e. The molecular formula is C33H68O13. The number of carboxylic acid groups (broad SMARTS) is 4. The molecule has 0 aromatic carbocycles. The predicted molar refractivity (Wildman–Crippen MR) is 178 cm³/mol. The maximum Gasteiger partial charge on any atom is 0.333 e. The van der Waals surface area contributed by atoms with Crippen LogP contribution < -0.4 is 0 Å². The molecule has 0 aliphatic heterocycles. The molecule has 13 heteroatoms. The quantitative estimate of drug-likeness (QED) is 0.130. The van der Waals surface area contributed by atoms with Crippen molar-refractivity contribution in [1.29, 1.82) is 0 Å². The average molecular weight is 673 g/mol. The van der Waals surface area contributed by atoms with Gasteiger partial charge in [0.1, 0.15) is 0 Å². The van der Waals surface area contributed by atoms with Gasteiger partial charge in [-0.1, -0.05) is 6.92 Å². The van der Waals surface area contributed by atoms with E-state index in [0.717, 1.165) is 6.42 Å². The van der Waals surface area contributed by atoms with Gasteiger partial charge in [0, 0.05) is 0 Å². The molecule has 46 heavy (non-hydrogen) atoms. The second-order valence-corrected chi connectivity index (χ2v) is 12.0. The summed E-state index contributed by atoms with van der Waals surface area (Å²) in [6, 6.07) is 0. The van der Waals surface area contributed by atoms with E-state index in [1.165, 1.54) is 6.92 Å². The van der Waals surface area contributed by atoms with Gasteiger partial charge >= 0.3 is 23.9 Å². The third kappa shape index (κ3) is 54.2. The van der Waals surface area contributed by atoms with E-state index < -0.39 is 42.5 Å². The monoisotopic (exact) mass is 672 g/mol. The van der Waals surface area contributed by atoms with E-state index in [1.807, 2.05) is 41.5 Å². The highest BCUT2D eigenvalue weighted by atomic mass is 16.5. The summed E-state index contributed by atoms with van der Waals surface area (Å²) >= 11 is 0. The summed E-state index contributed by atoms with van der Waals surface area (Å²) in [4.78, 5) is 40.8. The van der Waals surface area contributed by atoms with E-state index in [-0.39, 0.29) is 30.8 Å². The Morgan fingerprint density at radius 1 is 0.435 bits per heavy atom. The fourth-order valence-electron chi connectivity index (χ4n) is 3.01. The first kappa shape index (κ1) is 53.2. The molecule has 0 saturated carbocycles. The van der Waals surface area contributed by atoms with Gasteiger partial charge in [-0.2, -0.15) is 0 Å². The fourth-order valence-corrected chi connectivity index (χ4v) is 3.01. The highest BCUT2D eigenvalue weighted by Gasteiger charge is 2.22. The van der Waals surface area contributed by atoms with Crippen LogP contribution in [0.4, 0.5) is 0 Å². The lowest BCUT2D eigenvalue weighted by Gasteiger charge is -2.13. The van der Waals surface area contributed by atoms with Crippen LogP contribution in [0.15, 0.2) is 0 Å². The zero-order valence-electron chi connectivity index (χ0n) is 31.4. The Bertz CT molecular complexity index is 744. The number of aliphatic carboxylic acids is 4. The molecule has 0 saturated heterocycles. The van der Waals surface area contributed by atoms with Gasteiger partial charge in [-0.25, -0.2) is 9.59 Å². The van der Waals surface area contributed by atoms with Crippen LogP contribution in [0.25, 0.3) is 0 Å². The summed E-state index contributed by atoms with van der Waals surface area (Å²) in [5.74, 6) is -4.15. The molecule has 0 bridgehead atoms. The van der Waals surface area contributed by atoms with Crippen molar-refractivity contribution in [2.75, 3.05) is 0 Å². The normalized spacial score (nSPS) is 13.3. The number of hydrogen-bond donors (Lipinski definition) is 4. The van der Waals surface area contributed by atoms with Gasteiger partial charge in [0.25, 0.3) is 0 Å². The lowest BCUT2D eigenvalue weighted by molar-refractivity contribution is -0.159. The minimum absolute atomic E-state index is 0.0175. The molecule has 4 atom stereocenters. The van der Waals surface area contributed by atoms with Gasteiger partial charge in [-0.15, -0.1) is 0 Å². The highest BCUT2D eigenvalue weighted by Crippen LogP contribution is 2.03. The van der Waals surface area contributed by atoms with E-state index >= 15 is 0 Å². The predicted octanol–water partition coefficient (Wildman–Crippen LogP) is 6.53. The van der Waals surface area contributed by atoms with E-state index in [2.05, 4.69) is 27.7 Å². The van der Waals surface area contributed by atoms with Crippen LogP contribution in [0.2, 0.25) is 0 Å². The summed E-state index contributed by atoms with van der Waals surface area (Å²) < 4.78 is 25.6. The lowest BCUT2D eigenvalue weighted by Crippen LogP contribution is -2.29. The van der Waals surface area contributed by atoms with Crippen molar-refractivity contribution in [3.63, 3.8) is 0 Å². The Kier molecular flexibility index (Phi) is 37.7. The molecule has 0 aliphatic carbocycles. The molecule has 0 radical (unpaired) electrons. The summed E-state index contributed by atoms with van der Waals surface area (Å²) in [6.07, 6.45) is -0.0787. The van der Waals surface area contributed by atoms with Crippen molar-refractivity contribution in [2.24, 2.45) is 0 Å². The van der Waals surface area contributed by atoms with Crippen molar-refractivity contribution in [3.8, 4) is 0 Å².